The molecule has 3 N–H and O–H groups in total. The van der Waals surface area contributed by atoms with Crippen LogP contribution in [0, 0.1) is 0 Å². The molecule has 4 aromatic rings. The van der Waals surface area contributed by atoms with E-state index in [-0.39, 0.29) is 5.91 Å². The molecule has 0 unspecified atom stereocenters. The van der Waals surface area contributed by atoms with Gasteiger partial charge in [0, 0.05) is 10.9 Å². The number of rotatable bonds is 7. The largest absolute Gasteiger partial charge is 0.497 e. The zero-order chi connectivity index (χ0) is 20.9. The number of benzene rings is 2. The summed E-state index contributed by atoms with van der Waals surface area (Å²) >= 11 is 3.94. The second-order valence-electron chi connectivity index (χ2n) is 6.07. The molecule has 0 aliphatic heterocycles. The summed E-state index contributed by atoms with van der Waals surface area (Å²) in [5.41, 5.74) is 8.29. The van der Waals surface area contributed by atoms with E-state index in [0.717, 1.165) is 22.6 Å². The number of thioether (sulfide) groups is 1. The molecule has 0 bridgehead atoms. The van der Waals surface area contributed by atoms with Gasteiger partial charge in [0.15, 0.2) is 9.47 Å². The Bertz CT molecular complexity index is 1130. The molecule has 0 radical (unpaired) electrons. The molecule has 4 rings (SSSR count). The van der Waals surface area contributed by atoms with Crippen molar-refractivity contribution in [1.29, 1.82) is 0 Å². The van der Waals surface area contributed by atoms with Gasteiger partial charge in [-0.25, -0.2) is 4.98 Å². The Balaban J connectivity index is 1.53. The smallest absolute Gasteiger partial charge is 0.244 e. The number of nitrogens with one attached hydrogen (secondary N) is 1. The Morgan fingerprint density at radius 2 is 1.90 bits per heavy atom. The Morgan fingerprint density at radius 3 is 2.57 bits per heavy atom. The molecule has 7 nitrogen and oxygen atoms in total. The van der Waals surface area contributed by atoms with Crippen LogP contribution in [0.4, 0.5) is 10.3 Å². The van der Waals surface area contributed by atoms with E-state index in [1.54, 1.807) is 7.11 Å². The molecule has 1 amide bonds. The Kier molecular flexibility index (Phi) is 6.26. The number of nitrogen functional groups attached to an aromatic ring is 1. The third-order valence-electron chi connectivity index (χ3n) is 4.10. The molecule has 30 heavy (non-hydrogen) atoms. The summed E-state index contributed by atoms with van der Waals surface area (Å²) in [7, 11) is 1.63. The number of ether oxygens (including phenoxy) is 1. The minimum atomic E-state index is -0.508. The topological polar surface area (TPSA) is 103 Å². The van der Waals surface area contributed by atoms with Crippen LogP contribution in [0.1, 0.15) is 10.8 Å². The normalized spacial score (nSPS) is 11.8. The molecule has 0 fully saturated rings. The number of aromatic nitrogens is 3. The Hall–Kier alpha value is -2.95. The lowest BCUT2D eigenvalue weighted by Crippen LogP contribution is -2.18. The average Bonchev–Trinajstić information content (AvgIpc) is 3.41. The molecule has 2 aromatic carbocycles. The summed E-state index contributed by atoms with van der Waals surface area (Å²) in [6.07, 6.45) is 0. The van der Waals surface area contributed by atoms with Gasteiger partial charge in [-0.3, -0.25) is 4.79 Å². The number of carbonyl (C=O) groups is 1. The Morgan fingerprint density at radius 1 is 1.13 bits per heavy atom. The molecule has 2 heterocycles. The molecule has 2 aromatic heterocycles. The monoisotopic (exact) mass is 455 g/mol. The van der Waals surface area contributed by atoms with E-state index in [1.165, 1.54) is 34.4 Å². The predicted molar refractivity (Wildman–Crippen MR) is 122 cm³/mol. The summed E-state index contributed by atoms with van der Waals surface area (Å²) in [5.74, 6) is 0.596. The van der Waals surface area contributed by atoms with Gasteiger partial charge in [-0.15, -0.1) is 21.5 Å². The first-order valence-electron chi connectivity index (χ1n) is 8.84. The molecule has 0 spiro atoms. The summed E-state index contributed by atoms with van der Waals surface area (Å²) in [6.45, 7) is 0. The van der Waals surface area contributed by atoms with E-state index in [4.69, 9.17) is 10.5 Å². The molecule has 10 heteroatoms. The number of amides is 1. The van der Waals surface area contributed by atoms with Crippen molar-refractivity contribution >= 4 is 50.6 Å². The lowest BCUT2D eigenvalue weighted by molar-refractivity contribution is -0.115. The zero-order valence-electron chi connectivity index (χ0n) is 15.8. The fourth-order valence-corrected chi connectivity index (χ4v) is 5.22. The van der Waals surface area contributed by atoms with Crippen LogP contribution < -0.4 is 15.8 Å². The lowest BCUT2D eigenvalue weighted by Gasteiger charge is -2.14. The predicted octanol–water partition coefficient (Wildman–Crippen LogP) is 4.72. The van der Waals surface area contributed by atoms with Crippen molar-refractivity contribution in [3.05, 3.63) is 65.5 Å². The number of anilines is 2. The Labute approximate surface area is 185 Å². The molecular formula is C20H17N5O2S3. The van der Waals surface area contributed by atoms with Gasteiger partial charge in [-0.1, -0.05) is 53.4 Å². The van der Waals surface area contributed by atoms with Crippen molar-refractivity contribution in [3.8, 4) is 17.0 Å². The van der Waals surface area contributed by atoms with Crippen molar-refractivity contribution in [2.75, 3.05) is 18.2 Å². The standard InChI is InChI=1S/C20H17N5O2S3/c1-27-14-9-7-12(8-10-14)15-11-28-19(22-15)23-17(26)16(13-5-3-2-4-6-13)29-20-25-24-18(21)30-20/h2-11,16H,1H3,(H2,21,24)(H,22,23,26)/t16-/m0/s1. The molecule has 0 saturated carbocycles. The van der Waals surface area contributed by atoms with Gasteiger partial charge in [0.05, 0.1) is 12.8 Å². The number of hydrogen-bond donors (Lipinski definition) is 2. The van der Waals surface area contributed by atoms with Crippen LogP contribution in [0.2, 0.25) is 0 Å². The number of nitrogens with two attached hydrogens (primary N) is 1. The van der Waals surface area contributed by atoms with E-state index >= 15 is 0 Å². The zero-order valence-corrected chi connectivity index (χ0v) is 18.3. The summed E-state index contributed by atoms with van der Waals surface area (Å²) < 4.78 is 5.82. The van der Waals surface area contributed by atoms with Gasteiger partial charge < -0.3 is 15.8 Å². The maximum Gasteiger partial charge on any atom is 0.244 e. The summed E-state index contributed by atoms with van der Waals surface area (Å²) in [4.78, 5) is 17.7. The SMILES string of the molecule is COc1ccc(-c2csc(NC(=O)[C@@H](Sc3nnc(N)s3)c3ccccc3)n2)cc1. The van der Waals surface area contributed by atoms with Gasteiger partial charge in [0.1, 0.15) is 11.0 Å². The first-order chi connectivity index (χ1) is 14.6. The van der Waals surface area contributed by atoms with Crippen LogP contribution in [-0.4, -0.2) is 28.2 Å². The van der Waals surface area contributed by atoms with Crippen molar-refractivity contribution in [2.45, 2.75) is 9.59 Å². The fraction of sp³-hybridized carbons (Fsp3) is 0.100. The van der Waals surface area contributed by atoms with Crippen LogP contribution in [0.5, 0.6) is 5.75 Å². The van der Waals surface area contributed by atoms with Gasteiger partial charge >= 0.3 is 0 Å². The number of thiazole rings is 1. The quantitative estimate of drug-likeness (QED) is 0.389. The van der Waals surface area contributed by atoms with Crippen molar-refractivity contribution in [3.63, 3.8) is 0 Å². The summed E-state index contributed by atoms with van der Waals surface area (Å²) in [5, 5.41) is 13.1. The first-order valence-corrected chi connectivity index (χ1v) is 11.4. The van der Waals surface area contributed by atoms with E-state index in [1.807, 2.05) is 60.0 Å². The van der Waals surface area contributed by atoms with Crippen LogP contribution in [0.3, 0.4) is 0 Å². The van der Waals surface area contributed by atoms with E-state index in [9.17, 15) is 4.79 Å². The molecule has 0 aliphatic rings. The maximum absolute atomic E-state index is 13.1. The number of hydrogen-bond acceptors (Lipinski definition) is 9. The van der Waals surface area contributed by atoms with Crippen LogP contribution in [-0.2, 0) is 4.79 Å². The summed E-state index contributed by atoms with van der Waals surface area (Å²) in [6, 6.07) is 17.1. The highest BCUT2D eigenvalue weighted by Crippen LogP contribution is 2.38. The lowest BCUT2D eigenvalue weighted by atomic mass is 10.1. The average molecular weight is 456 g/mol. The van der Waals surface area contributed by atoms with Gasteiger partial charge in [-0.2, -0.15) is 0 Å². The van der Waals surface area contributed by atoms with Crippen LogP contribution >= 0.6 is 34.4 Å². The third-order valence-corrected chi connectivity index (χ3v) is 6.95. The highest BCUT2D eigenvalue weighted by atomic mass is 32.2. The van der Waals surface area contributed by atoms with E-state index < -0.39 is 5.25 Å². The first kappa shape index (κ1) is 20.3. The number of nitrogens with zero attached hydrogens (tertiary/aromatic N) is 3. The number of methoxy groups -OCH3 is 1. The molecule has 152 valence electrons. The number of carbonyl (C=O) groups excluding carboxylic acids is 1. The van der Waals surface area contributed by atoms with Gasteiger partial charge in [0.2, 0.25) is 11.0 Å². The highest BCUT2D eigenvalue weighted by Gasteiger charge is 2.25. The van der Waals surface area contributed by atoms with E-state index in [2.05, 4.69) is 20.5 Å². The van der Waals surface area contributed by atoms with E-state index in [0.29, 0.717) is 14.6 Å². The molecule has 1 atom stereocenters. The highest BCUT2D eigenvalue weighted by molar-refractivity contribution is 8.02. The minimum absolute atomic E-state index is 0.185. The third kappa shape index (κ3) is 4.78. The fourth-order valence-electron chi connectivity index (χ4n) is 2.67. The minimum Gasteiger partial charge on any atom is -0.497 e. The molecule has 0 saturated heterocycles. The molecule has 0 aliphatic carbocycles. The van der Waals surface area contributed by atoms with Crippen molar-refractivity contribution in [2.24, 2.45) is 0 Å². The second-order valence-corrected chi connectivity index (χ2v) is 9.29. The van der Waals surface area contributed by atoms with Crippen molar-refractivity contribution < 1.29 is 9.53 Å². The van der Waals surface area contributed by atoms with Crippen molar-refractivity contribution in [1.82, 2.24) is 15.2 Å². The maximum atomic E-state index is 13.1. The van der Waals surface area contributed by atoms with Crippen LogP contribution in [0.25, 0.3) is 11.3 Å². The van der Waals surface area contributed by atoms with Gasteiger partial charge in [0.25, 0.3) is 0 Å². The second kappa shape index (κ2) is 9.24. The van der Waals surface area contributed by atoms with Crippen LogP contribution in [0.15, 0.2) is 64.3 Å². The molecular weight excluding hydrogens is 438 g/mol. The van der Waals surface area contributed by atoms with Gasteiger partial charge in [-0.05, 0) is 29.8 Å².